The number of rotatable bonds is 5. The van der Waals surface area contributed by atoms with E-state index in [4.69, 9.17) is 0 Å². The van der Waals surface area contributed by atoms with Gasteiger partial charge in [-0.3, -0.25) is 0 Å². The monoisotopic (exact) mass is 210 g/mol. The van der Waals surface area contributed by atoms with Crippen LogP contribution >= 0.6 is 0 Å². The molecule has 3 atom stereocenters. The molecule has 1 aliphatic carbocycles. The van der Waals surface area contributed by atoms with Crippen LogP contribution < -0.4 is 0 Å². The second-order valence-corrected chi connectivity index (χ2v) is 7.24. The van der Waals surface area contributed by atoms with Crippen molar-refractivity contribution in [1.29, 1.82) is 0 Å². The molecule has 0 bridgehead atoms. The lowest BCUT2D eigenvalue weighted by Crippen LogP contribution is -2.07. The van der Waals surface area contributed by atoms with Crippen LogP contribution in [0.1, 0.15) is 67.2 Å². The summed E-state index contributed by atoms with van der Waals surface area (Å²) in [4.78, 5) is 0. The third kappa shape index (κ3) is 4.57. The van der Waals surface area contributed by atoms with Crippen LogP contribution in [0.5, 0.6) is 0 Å². The molecular weight excluding hydrogens is 180 g/mol. The Labute approximate surface area is 96.8 Å². The van der Waals surface area contributed by atoms with Crippen LogP contribution in [-0.2, 0) is 0 Å². The molecule has 0 aliphatic heterocycles. The fourth-order valence-electron chi connectivity index (χ4n) is 2.82. The van der Waals surface area contributed by atoms with E-state index in [1.807, 2.05) is 0 Å². The van der Waals surface area contributed by atoms with Crippen LogP contribution in [-0.4, -0.2) is 0 Å². The average Bonchev–Trinajstić information content (AvgIpc) is 2.79. The van der Waals surface area contributed by atoms with E-state index in [1.165, 1.54) is 25.7 Å². The van der Waals surface area contributed by atoms with Crippen molar-refractivity contribution in [1.82, 2.24) is 0 Å². The van der Waals surface area contributed by atoms with Crippen molar-refractivity contribution in [2.24, 2.45) is 29.1 Å². The highest BCUT2D eigenvalue weighted by atomic mass is 14.5. The molecule has 0 amide bonds. The van der Waals surface area contributed by atoms with Gasteiger partial charge in [0, 0.05) is 0 Å². The normalized spacial score (nSPS) is 28.2. The minimum atomic E-state index is 0.528. The molecule has 1 aliphatic rings. The third-order valence-corrected chi connectivity index (χ3v) is 4.06. The first-order valence-corrected chi connectivity index (χ1v) is 6.81. The summed E-state index contributed by atoms with van der Waals surface area (Å²) in [5.41, 5.74) is 0.528. The quantitative estimate of drug-likeness (QED) is 0.590. The highest BCUT2D eigenvalue weighted by molar-refractivity contribution is 4.91. The highest BCUT2D eigenvalue weighted by Crippen LogP contribution is 2.50. The molecule has 0 aromatic heterocycles. The van der Waals surface area contributed by atoms with Gasteiger partial charge in [0.05, 0.1) is 0 Å². The molecule has 0 spiro atoms. The molecule has 0 N–H and O–H groups in total. The van der Waals surface area contributed by atoms with Gasteiger partial charge in [0.25, 0.3) is 0 Å². The second-order valence-electron chi connectivity index (χ2n) is 7.24. The van der Waals surface area contributed by atoms with Crippen molar-refractivity contribution in [2.75, 3.05) is 0 Å². The Morgan fingerprint density at radius 1 is 1.07 bits per heavy atom. The molecule has 0 heteroatoms. The number of hydrogen-bond acceptors (Lipinski definition) is 0. The lowest BCUT2D eigenvalue weighted by atomic mass is 9.86. The summed E-state index contributed by atoms with van der Waals surface area (Å²) in [6.07, 6.45) is 5.77. The highest BCUT2D eigenvalue weighted by Gasteiger charge is 2.42. The first-order chi connectivity index (χ1) is 6.81. The van der Waals surface area contributed by atoms with E-state index < -0.39 is 0 Å². The molecule has 0 radical (unpaired) electrons. The SMILES string of the molecule is CC(C)C1CC1C(C)CCCC(C)(C)C. The van der Waals surface area contributed by atoms with Gasteiger partial charge in [-0.05, 0) is 41.9 Å². The summed E-state index contributed by atoms with van der Waals surface area (Å²) in [7, 11) is 0. The van der Waals surface area contributed by atoms with Crippen LogP contribution in [0.15, 0.2) is 0 Å². The molecule has 0 heterocycles. The number of hydrogen-bond donors (Lipinski definition) is 0. The van der Waals surface area contributed by atoms with E-state index in [1.54, 1.807) is 0 Å². The van der Waals surface area contributed by atoms with Gasteiger partial charge in [-0.2, -0.15) is 0 Å². The Morgan fingerprint density at radius 2 is 1.67 bits per heavy atom. The summed E-state index contributed by atoms with van der Waals surface area (Å²) < 4.78 is 0. The molecule has 90 valence electrons. The first kappa shape index (κ1) is 13.1. The maximum Gasteiger partial charge on any atom is -0.0355 e. The van der Waals surface area contributed by atoms with Gasteiger partial charge >= 0.3 is 0 Å². The van der Waals surface area contributed by atoms with Crippen LogP contribution in [0.3, 0.4) is 0 Å². The van der Waals surface area contributed by atoms with Crippen molar-refractivity contribution >= 4 is 0 Å². The van der Waals surface area contributed by atoms with Crippen molar-refractivity contribution in [2.45, 2.75) is 67.2 Å². The van der Waals surface area contributed by atoms with Crippen molar-refractivity contribution in [3.63, 3.8) is 0 Å². The molecule has 0 aromatic rings. The fraction of sp³-hybridized carbons (Fsp3) is 1.00. The maximum atomic E-state index is 2.47. The molecule has 1 fully saturated rings. The molecule has 3 unspecified atom stereocenters. The van der Waals surface area contributed by atoms with Gasteiger partial charge in [0.1, 0.15) is 0 Å². The Hall–Kier alpha value is 0. The van der Waals surface area contributed by atoms with Crippen LogP contribution in [0.25, 0.3) is 0 Å². The molecule has 15 heavy (non-hydrogen) atoms. The summed E-state index contributed by atoms with van der Waals surface area (Å²) in [6, 6.07) is 0. The lowest BCUT2D eigenvalue weighted by Gasteiger charge is -2.19. The minimum Gasteiger partial charge on any atom is -0.0625 e. The van der Waals surface area contributed by atoms with Gasteiger partial charge in [-0.15, -0.1) is 0 Å². The smallest absolute Gasteiger partial charge is 0.0355 e. The van der Waals surface area contributed by atoms with Crippen molar-refractivity contribution in [3.05, 3.63) is 0 Å². The third-order valence-electron chi connectivity index (χ3n) is 4.06. The Kier molecular flexibility index (Phi) is 4.26. The zero-order chi connectivity index (χ0) is 11.6. The summed E-state index contributed by atoms with van der Waals surface area (Å²) >= 11 is 0. The van der Waals surface area contributed by atoms with E-state index in [9.17, 15) is 0 Å². The Balaban J connectivity index is 2.13. The molecular formula is C15H30. The van der Waals surface area contributed by atoms with Crippen LogP contribution in [0, 0.1) is 29.1 Å². The predicted octanol–water partition coefficient (Wildman–Crippen LogP) is 5.13. The molecule has 1 saturated carbocycles. The van der Waals surface area contributed by atoms with Crippen LogP contribution in [0.4, 0.5) is 0 Å². The van der Waals surface area contributed by atoms with Gasteiger partial charge in [-0.1, -0.05) is 54.4 Å². The van der Waals surface area contributed by atoms with E-state index in [2.05, 4.69) is 41.5 Å². The Bertz CT molecular complexity index is 185. The zero-order valence-corrected chi connectivity index (χ0v) is 11.6. The zero-order valence-electron chi connectivity index (χ0n) is 11.6. The van der Waals surface area contributed by atoms with E-state index in [0.29, 0.717) is 5.41 Å². The van der Waals surface area contributed by atoms with E-state index in [0.717, 1.165) is 23.7 Å². The van der Waals surface area contributed by atoms with Crippen LogP contribution in [0.2, 0.25) is 0 Å². The van der Waals surface area contributed by atoms with Gasteiger partial charge in [0.15, 0.2) is 0 Å². The van der Waals surface area contributed by atoms with E-state index in [-0.39, 0.29) is 0 Å². The lowest BCUT2D eigenvalue weighted by molar-refractivity contribution is 0.324. The largest absolute Gasteiger partial charge is 0.0625 e. The standard InChI is InChI=1S/C15H30/c1-11(2)13-10-14(13)12(3)8-7-9-15(4,5)6/h11-14H,7-10H2,1-6H3. The second kappa shape index (κ2) is 4.89. The summed E-state index contributed by atoms with van der Waals surface area (Å²) in [5.74, 6) is 4.00. The van der Waals surface area contributed by atoms with Gasteiger partial charge in [-0.25, -0.2) is 0 Å². The summed E-state index contributed by atoms with van der Waals surface area (Å²) in [5, 5.41) is 0. The Morgan fingerprint density at radius 3 is 2.07 bits per heavy atom. The van der Waals surface area contributed by atoms with Crippen molar-refractivity contribution < 1.29 is 0 Å². The fourth-order valence-corrected chi connectivity index (χ4v) is 2.82. The topological polar surface area (TPSA) is 0 Å². The molecule has 1 rings (SSSR count). The van der Waals surface area contributed by atoms with Gasteiger partial charge in [0.2, 0.25) is 0 Å². The molecule has 0 aromatic carbocycles. The maximum absolute atomic E-state index is 2.47. The molecule has 0 saturated heterocycles. The first-order valence-electron chi connectivity index (χ1n) is 6.81. The van der Waals surface area contributed by atoms with Crippen molar-refractivity contribution in [3.8, 4) is 0 Å². The minimum absolute atomic E-state index is 0.528. The predicted molar refractivity (Wildman–Crippen MR) is 68.9 cm³/mol. The average molecular weight is 210 g/mol. The van der Waals surface area contributed by atoms with E-state index >= 15 is 0 Å². The van der Waals surface area contributed by atoms with Gasteiger partial charge < -0.3 is 0 Å². The summed E-state index contributed by atoms with van der Waals surface area (Å²) in [6.45, 7) is 14.3. The molecule has 0 nitrogen and oxygen atoms in total.